The first-order valence-corrected chi connectivity index (χ1v) is 11.4. The Hall–Kier alpha value is -3.19. The molecule has 1 aliphatic rings. The molecular weight excluding hydrogens is 416 g/mol. The molecule has 1 amide bonds. The molecule has 1 aromatic heterocycles. The second-order valence-corrected chi connectivity index (χ2v) is 9.34. The van der Waals surface area contributed by atoms with Crippen LogP contribution in [0.4, 0.5) is 0 Å². The highest BCUT2D eigenvalue weighted by molar-refractivity contribution is 5.91. The second-order valence-electron chi connectivity index (χ2n) is 9.34. The van der Waals surface area contributed by atoms with E-state index in [4.69, 9.17) is 9.47 Å². The zero-order valence-corrected chi connectivity index (χ0v) is 19.6. The van der Waals surface area contributed by atoms with E-state index in [1.165, 1.54) is 5.56 Å². The van der Waals surface area contributed by atoms with Gasteiger partial charge in [-0.3, -0.25) is 4.79 Å². The van der Waals surface area contributed by atoms with Crippen molar-refractivity contribution in [2.45, 2.75) is 50.7 Å². The summed E-state index contributed by atoms with van der Waals surface area (Å²) in [4.78, 5) is 12.7. The lowest BCUT2D eigenvalue weighted by atomic mass is 9.67. The summed E-state index contributed by atoms with van der Waals surface area (Å²) in [5.74, 6) is 0.601. The molecule has 0 spiro atoms. The van der Waals surface area contributed by atoms with Gasteiger partial charge in [-0.1, -0.05) is 47.7 Å². The van der Waals surface area contributed by atoms with Gasteiger partial charge in [0.05, 0.1) is 25.5 Å². The van der Waals surface area contributed by atoms with Gasteiger partial charge < -0.3 is 14.8 Å². The van der Waals surface area contributed by atoms with Crippen molar-refractivity contribution in [3.8, 4) is 5.75 Å². The predicted octanol–water partition coefficient (Wildman–Crippen LogP) is 3.98. The summed E-state index contributed by atoms with van der Waals surface area (Å²) in [5.41, 5.74) is 2.47. The van der Waals surface area contributed by atoms with Crippen LogP contribution in [0.2, 0.25) is 0 Å². The van der Waals surface area contributed by atoms with Gasteiger partial charge >= 0.3 is 0 Å². The van der Waals surface area contributed by atoms with Crippen molar-refractivity contribution in [1.29, 1.82) is 0 Å². The molecule has 0 unspecified atom stereocenters. The number of methoxy groups -OCH3 is 1. The van der Waals surface area contributed by atoms with Gasteiger partial charge in [-0.25, -0.2) is 4.68 Å². The van der Waals surface area contributed by atoms with Crippen LogP contribution < -0.4 is 10.1 Å². The summed E-state index contributed by atoms with van der Waals surface area (Å²) in [7, 11) is 1.64. The van der Waals surface area contributed by atoms with Gasteiger partial charge in [-0.15, -0.1) is 5.10 Å². The van der Waals surface area contributed by atoms with Crippen LogP contribution in [0.25, 0.3) is 0 Å². The van der Waals surface area contributed by atoms with E-state index in [0.29, 0.717) is 18.8 Å². The Balaban J connectivity index is 1.37. The highest BCUT2D eigenvalue weighted by Gasteiger charge is 2.41. The lowest BCUT2D eigenvalue weighted by Gasteiger charge is -2.45. The van der Waals surface area contributed by atoms with Crippen LogP contribution in [-0.2, 0) is 16.7 Å². The summed E-state index contributed by atoms with van der Waals surface area (Å²) < 4.78 is 12.8. The standard InChI is InChI=1S/C26H32N4O3/c1-25(2)19-26(14-16-33-25,21-7-5-4-6-8-21)13-15-27-24(31)23-18-30(29-28-23)17-20-9-11-22(32-3)12-10-20/h4-12,18H,13-17,19H2,1-3H3,(H,27,31)/t26-/m0/s1. The smallest absolute Gasteiger partial charge is 0.273 e. The minimum atomic E-state index is -0.203. The molecule has 7 heteroatoms. The van der Waals surface area contributed by atoms with Crippen LogP contribution in [0.5, 0.6) is 5.75 Å². The number of nitrogens with one attached hydrogen (secondary N) is 1. The normalized spacial score (nSPS) is 19.7. The molecule has 1 fully saturated rings. The van der Waals surface area contributed by atoms with E-state index in [9.17, 15) is 4.79 Å². The third kappa shape index (κ3) is 5.60. The van der Waals surface area contributed by atoms with Crippen molar-refractivity contribution in [1.82, 2.24) is 20.3 Å². The maximum atomic E-state index is 12.7. The largest absolute Gasteiger partial charge is 0.497 e. The van der Waals surface area contributed by atoms with Gasteiger partial charge in [0.2, 0.25) is 0 Å². The van der Waals surface area contributed by atoms with Crippen LogP contribution in [0.15, 0.2) is 60.8 Å². The first kappa shape index (κ1) is 23.0. The number of carbonyl (C=O) groups is 1. The molecule has 4 rings (SSSR count). The lowest BCUT2D eigenvalue weighted by molar-refractivity contribution is -0.0838. The number of nitrogens with zero attached hydrogens (tertiary/aromatic N) is 3. The Morgan fingerprint density at radius 3 is 2.61 bits per heavy atom. The third-order valence-corrected chi connectivity index (χ3v) is 6.39. The predicted molar refractivity (Wildman–Crippen MR) is 126 cm³/mol. The van der Waals surface area contributed by atoms with Crippen molar-refractivity contribution < 1.29 is 14.3 Å². The molecule has 0 saturated carbocycles. The molecule has 1 N–H and O–H groups in total. The van der Waals surface area contributed by atoms with Crippen LogP contribution in [0.3, 0.4) is 0 Å². The molecule has 2 heterocycles. The fraction of sp³-hybridized carbons (Fsp3) is 0.423. The summed E-state index contributed by atoms with van der Waals surface area (Å²) in [6.45, 7) is 6.11. The number of aromatic nitrogens is 3. The molecule has 3 aromatic rings. The number of rotatable bonds is 8. The number of carbonyl (C=O) groups excluding carboxylic acids is 1. The Kier molecular flexibility index (Phi) is 6.79. The van der Waals surface area contributed by atoms with Crippen LogP contribution >= 0.6 is 0 Å². The molecule has 0 radical (unpaired) electrons. The van der Waals surface area contributed by atoms with E-state index >= 15 is 0 Å². The maximum Gasteiger partial charge on any atom is 0.273 e. The van der Waals surface area contributed by atoms with Gasteiger partial charge in [-0.2, -0.15) is 0 Å². The highest BCUT2D eigenvalue weighted by atomic mass is 16.5. The van der Waals surface area contributed by atoms with Crippen molar-refractivity contribution in [3.63, 3.8) is 0 Å². The molecule has 1 aliphatic heterocycles. The number of hydrogen-bond acceptors (Lipinski definition) is 5. The van der Waals surface area contributed by atoms with Crippen molar-refractivity contribution in [3.05, 3.63) is 77.6 Å². The molecule has 174 valence electrons. The molecule has 1 saturated heterocycles. The van der Waals surface area contributed by atoms with Gasteiger partial charge in [-0.05, 0) is 56.4 Å². The first-order chi connectivity index (χ1) is 15.9. The Labute approximate surface area is 195 Å². The maximum absolute atomic E-state index is 12.7. The molecule has 33 heavy (non-hydrogen) atoms. The molecule has 2 aromatic carbocycles. The SMILES string of the molecule is COc1ccc(Cn2cc(C(=O)NCC[C@]3(c4ccccc4)CCOC(C)(C)C3)nn2)cc1. The Morgan fingerprint density at radius 2 is 1.91 bits per heavy atom. The molecule has 0 bridgehead atoms. The van der Waals surface area contributed by atoms with E-state index < -0.39 is 0 Å². The van der Waals surface area contributed by atoms with E-state index in [1.807, 2.05) is 30.3 Å². The Morgan fingerprint density at radius 1 is 1.15 bits per heavy atom. The molecule has 1 atom stereocenters. The van der Waals surface area contributed by atoms with Crippen molar-refractivity contribution in [2.75, 3.05) is 20.3 Å². The molecule has 0 aliphatic carbocycles. The summed E-state index contributed by atoms with van der Waals surface area (Å²) in [6, 6.07) is 18.3. The van der Waals surface area contributed by atoms with Gasteiger partial charge in [0.25, 0.3) is 5.91 Å². The second kappa shape index (κ2) is 9.75. The summed E-state index contributed by atoms with van der Waals surface area (Å²) in [5, 5.41) is 11.2. The average Bonchev–Trinajstić information content (AvgIpc) is 3.28. The van der Waals surface area contributed by atoms with E-state index in [0.717, 1.165) is 37.2 Å². The van der Waals surface area contributed by atoms with Crippen LogP contribution in [0, 0.1) is 0 Å². The minimum Gasteiger partial charge on any atom is -0.497 e. The third-order valence-electron chi connectivity index (χ3n) is 6.39. The van der Waals surface area contributed by atoms with Crippen LogP contribution in [0.1, 0.15) is 54.7 Å². The van der Waals surface area contributed by atoms with Crippen LogP contribution in [-0.4, -0.2) is 46.8 Å². The van der Waals surface area contributed by atoms with Gasteiger partial charge in [0, 0.05) is 18.6 Å². The fourth-order valence-electron chi connectivity index (χ4n) is 4.78. The van der Waals surface area contributed by atoms with E-state index in [-0.39, 0.29) is 16.9 Å². The lowest BCUT2D eigenvalue weighted by Crippen LogP contribution is -2.45. The quantitative estimate of drug-likeness (QED) is 0.564. The van der Waals surface area contributed by atoms with Crippen molar-refractivity contribution in [2.24, 2.45) is 0 Å². The average molecular weight is 449 g/mol. The van der Waals surface area contributed by atoms with Gasteiger partial charge in [0.15, 0.2) is 5.69 Å². The van der Waals surface area contributed by atoms with Gasteiger partial charge in [0.1, 0.15) is 5.75 Å². The monoisotopic (exact) mass is 448 g/mol. The first-order valence-electron chi connectivity index (χ1n) is 11.4. The minimum absolute atomic E-state index is 0.0255. The zero-order chi connectivity index (χ0) is 23.3. The number of amides is 1. The summed E-state index contributed by atoms with van der Waals surface area (Å²) >= 11 is 0. The van der Waals surface area contributed by atoms with E-state index in [1.54, 1.807) is 18.0 Å². The molecule has 7 nitrogen and oxygen atoms in total. The van der Waals surface area contributed by atoms with E-state index in [2.05, 4.69) is 53.7 Å². The topological polar surface area (TPSA) is 78.3 Å². The number of ether oxygens (including phenoxy) is 2. The Bertz CT molecular complexity index is 1060. The highest BCUT2D eigenvalue weighted by Crippen LogP contribution is 2.43. The zero-order valence-electron chi connectivity index (χ0n) is 19.6. The molecular formula is C26H32N4O3. The summed E-state index contributed by atoms with van der Waals surface area (Å²) in [6.07, 6.45) is 4.38. The van der Waals surface area contributed by atoms with Crippen molar-refractivity contribution >= 4 is 5.91 Å². The fourth-order valence-corrected chi connectivity index (χ4v) is 4.78. The number of benzene rings is 2. The number of hydrogen-bond donors (Lipinski definition) is 1.